The summed E-state index contributed by atoms with van der Waals surface area (Å²) in [5, 5.41) is 0. The van der Waals surface area contributed by atoms with Gasteiger partial charge in [0, 0.05) is 11.6 Å². The molecule has 0 spiro atoms. The highest BCUT2D eigenvalue weighted by atomic mass is 35.5. The van der Waals surface area contributed by atoms with E-state index in [0.29, 0.717) is 0 Å². The molecule has 100 valence electrons. The molecule has 1 unspecified atom stereocenters. The highest BCUT2D eigenvalue weighted by Crippen LogP contribution is 2.06. The van der Waals surface area contributed by atoms with Gasteiger partial charge in [-0.15, -0.1) is 0 Å². The molecule has 0 radical (unpaired) electrons. The minimum atomic E-state index is 0. The molecule has 0 fully saturated rings. The van der Waals surface area contributed by atoms with Crippen LogP contribution in [0.2, 0.25) is 0 Å². The minimum Gasteiger partial charge on any atom is -1.00 e. The largest absolute Gasteiger partial charge is 1.00 e. The maximum Gasteiger partial charge on any atom is 0.102 e. The van der Waals surface area contributed by atoms with E-state index in [4.69, 9.17) is 0 Å². The van der Waals surface area contributed by atoms with Crippen LogP contribution in [-0.4, -0.2) is 6.54 Å². The first-order chi connectivity index (χ1) is 7.86. The average Bonchev–Trinajstić information content (AvgIpc) is 2.76. The third kappa shape index (κ3) is 7.62. The van der Waals surface area contributed by atoms with Gasteiger partial charge in [-0.25, -0.2) is 0 Å². The lowest BCUT2D eigenvalue weighted by atomic mass is 10.1. The zero-order valence-corrected chi connectivity index (χ0v) is 12.2. The van der Waals surface area contributed by atoms with E-state index in [2.05, 4.69) is 32.3 Å². The fourth-order valence-corrected chi connectivity index (χ4v) is 2.21. The van der Waals surface area contributed by atoms with Crippen LogP contribution in [0.5, 0.6) is 0 Å². The van der Waals surface area contributed by atoms with Crippen LogP contribution in [0.1, 0.15) is 65.2 Å². The molecule has 0 amide bonds. The fraction of sp³-hybridized carbons (Fsp3) is 0.733. The molecule has 0 bridgehead atoms. The summed E-state index contributed by atoms with van der Waals surface area (Å²) >= 11 is 0. The summed E-state index contributed by atoms with van der Waals surface area (Å²) in [6, 6.07) is 0. The number of allylic oxidation sites excluding steroid dienone is 2. The Labute approximate surface area is 113 Å². The molecular weight excluding hydrogens is 230 g/mol. The molecule has 1 aliphatic heterocycles. The molecular formula is C15H28ClN. The van der Waals surface area contributed by atoms with Gasteiger partial charge in [0.15, 0.2) is 0 Å². The van der Waals surface area contributed by atoms with E-state index in [-0.39, 0.29) is 12.4 Å². The van der Waals surface area contributed by atoms with Gasteiger partial charge in [0.05, 0.1) is 12.7 Å². The number of quaternary nitrogens is 1. The molecule has 0 aliphatic carbocycles. The van der Waals surface area contributed by atoms with Crippen LogP contribution in [0.15, 0.2) is 24.0 Å². The van der Waals surface area contributed by atoms with E-state index >= 15 is 0 Å². The van der Waals surface area contributed by atoms with Crippen LogP contribution in [0, 0.1) is 0 Å². The monoisotopic (exact) mass is 257 g/mol. The van der Waals surface area contributed by atoms with Crippen LogP contribution >= 0.6 is 0 Å². The Balaban J connectivity index is 0.00000256. The Kier molecular flexibility index (Phi) is 10.7. The molecule has 0 saturated heterocycles. The van der Waals surface area contributed by atoms with Crippen molar-refractivity contribution in [2.24, 2.45) is 0 Å². The van der Waals surface area contributed by atoms with E-state index in [1.54, 1.807) is 4.90 Å². The highest BCUT2D eigenvalue weighted by molar-refractivity contribution is 5.17. The smallest absolute Gasteiger partial charge is 0.102 e. The van der Waals surface area contributed by atoms with Crippen molar-refractivity contribution in [3.8, 4) is 0 Å². The number of hydrogen-bond donors (Lipinski definition) is 1. The Bertz CT molecular complexity index is 233. The zero-order chi connectivity index (χ0) is 11.6. The average molecular weight is 258 g/mol. The summed E-state index contributed by atoms with van der Waals surface area (Å²) in [6.45, 7) is 5.79. The summed E-state index contributed by atoms with van der Waals surface area (Å²) < 4.78 is 0. The Morgan fingerprint density at radius 3 is 2.18 bits per heavy atom. The second-order valence-corrected chi connectivity index (χ2v) is 4.85. The summed E-state index contributed by atoms with van der Waals surface area (Å²) in [5.41, 5.74) is 1.50. The molecule has 1 N–H and O–H groups in total. The standard InChI is InChI=1S/C15H27N.ClH/c1-3-5-6-7-8-9-10-12-16-13-11-15(4-2)14-16;/h11,13-14H,3-10,12H2,1-2H3;1H. The second kappa shape index (κ2) is 10.9. The van der Waals surface area contributed by atoms with Gasteiger partial charge in [0.1, 0.15) is 6.20 Å². The predicted octanol–water partition coefficient (Wildman–Crippen LogP) is 0.447. The van der Waals surface area contributed by atoms with Gasteiger partial charge in [-0.2, -0.15) is 0 Å². The molecule has 0 aromatic rings. The van der Waals surface area contributed by atoms with E-state index in [0.717, 1.165) is 0 Å². The van der Waals surface area contributed by atoms with Crippen LogP contribution in [0.4, 0.5) is 0 Å². The van der Waals surface area contributed by atoms with Gasteiger partial charge in [-0.3, -0.25) is 4.90 Å². The number of rotatable bonds is 9. The molecule has 1 rings (SSSR count). The first-order valence-electron chi connectivity index (χ1n) is 7.11. The quantitative estimate of drug-likeness (QED) is 0.572. The van der Waals surface area contributed by atoms with Gasteiger partial charge >= 0.3 is 0 Å². The molecule has 1 aliphatic rings. The Morgan fingerprint density at radius 2 is 1.59 bits per heavy atom. The van der Waals surface area contributed by atoms with E-state index in [1.807, 2.05) is 0 Å². The summed E-state index contributed by atoms with van der Waals surface area (Å²) in [6.07, 6.45) is 18.0. The van der Waals surface area contributed by atoms with Crippen LogP contribution in [0.25, 0.3) is 0 Å². The van der Waals surface area contributed by atoms with Gasteiger partial charge in [-0.05, 0) is 19.3 Å². The molecule has 1 atom stereocenters. The van der Waals surface area contributed by atoms with Crippen molar-refractivity contribution in [2.45, 2.75) is 65.2 Å². The third-order valence-electron chi connectivity index (χ3n) is 3.36. The van der Waals surface area contributed by atoms with E-state index in [9.17, 15) is 0 Å². The summed E-state index contributed by atoms with van der Waals surface area (Å²) in [4.78, 5) is 1.55. The maximum absolute atomic E-state index is 2.37. The van der Waals surface area contributed by atoms with E-state index in [1.165, 1.54) is 63.5 Å². The number of nitrogens with one attached hydrogen (secondary N) is 1. The number of halogens is 1. The lowest BCUT2D eigenvalue weighted by Gasteiger charge is -2.06. The minimum absolute atomic E-state index is 0. The summed E-state index contributed by atoms with van der Waals surface area (Å²) in [7, 11) is 0. The van der Waals surface area contributed by atoms with Gasteiger partial charge in [0.25, 0.3) is 0 Å². The molecule has 17 heavy (non-hydrogen) atoms. The normalized spacial score (nSPS) is 18.0. The van der Waals surface area contributed by atoms with Crippen LogP contribution in [0.3, 0.4) is 0 Å². The zero-order valence-electron chi connectivity index (χ0n) is 11.5. The van der Waals surface area contributed by atoms with Gasteiger partial charge < -0.3 is 12.4 Å². The molecule has 0 saturated carbocycles. The van der Waals surface area contributed by atoms with Gasteiger partial charge in [0.2, 0.25) is 0 Å². The van der Waals surface area contributed by atoms with Crippen molar-refractivity contribution in [3.05, 3.63) is 24.0 Å². The van der Waals surface area contributed by atoms with Crippen molar-refractivity contribution in [2.75, 3.05) is 6.54 Å². The van der Waals surface area contributed by atoms with Crippen molar-refractivity contribution >= 4 is 0 Å². The lowest BCUT2D eigenvalue weighted by molar-refractivity contribution is -0.788. The van der Waals surface area contributed by atoms with Crippen LogP contribution < -0.4 is 17.3 Å². The number of hydrogen-bond acceptors (Lipinski definition) is 0. The highest BCUT2D eigenvalue weighted by Gasteiger charge is 2.08. The van der Waals surface area contributed by atoms with Gasteiger partial charge in [-0.1, -0.05) is 46.0 Å². The third-order valence-corrected chi connectivity index (χ3v) is 3.36. The molecule has 1 nitrogen and oxygen atoms in total. The first kappa shape index (κ1) is 16.7. The SMILES string of the molecule is CCCCCCCCC[NH+]1C=CC(CC)=C1.[Cl-]. The predicted molar refractivity (Wildman–Crippen MR) is 71.3 cm³/mol. The molecule has 0 aromatic carbocycles. The van der Waals surface area contributed by atoms with Crippen molar-refractivity contribution < 1.29 is 17.3 Å². The lowest BCUT2D eigenvalue weighted by Crippen LogP contribution is -3.01. The number of unbranched alkanes of at least 4 members (excludes halogenated alkanes) is 6. The summed E-state index contributed by atoms with van der Waals surface area (Å²) in [5.74, 6) is 0. The van der Waals surface area contributed by atoms with Crippen molar-refractivity contribution in [3.63, 3.8) is 0 Å². The maximum atomic E-state index is 2.37. The topological polar surface area (TPSA) is 4.44 Å². The molecule has 2 heteroatoms. The molecule has 1 heterocycles. The first-order valence-corrected chi connectivity index (χ1v) is 7.11. The van der Waals surface area contributed by atoms with Crippen molar-refractivity contribution in [1.29, 1.82) is 0 Å². The molecule has 0 aromatic heterocycles. The van der Waals surface area contributed by atoms with E-state index < -0.39 is 0 Å². The van der Waals surface area contributed by atoms with Crippen LogP contribution in [-0.2, 0) is 0 Å². The van der Waals surface area contributed by atoms with Crippen molar-refractivity contribution in [1.82, 2.24) is 0 Å². The second-order valence-electron chi connectivity index (χ2n) is 4.85. The Morgan fingerprint density at radius 1 is 0.941 bits per heavy atom. The Hall–Kier alpha value is -0.270. The fourth-order valence-electron chi connectivity index (χ4n) is 2.21.